The summed E-state index contributed by atoms with van der Waals surface area (Å²) in [5, 5.41) is 13.7. The number of fused-ring (bicyclic) bond motifs is 1. The normalized spacial score (nSPS) is 17.8. The average molecular weight is 321 g/mol. The summed E-state index contributed by atoms with van der Waals surface area (Å²) in [6.07, 6.45) is 2.57. The van der Waals surface area contributed by atoms with Gasteiger partial charge >= 0.3 is 12.1 Å². The molecule has 1 saturated carbocycles. The molecule has 0 saturated heterocycles. The van der Waals surface area contributed by atoms with E-state index in [-0.39, 0.29) is 12.2 Å². The van der Waals surface area contributed by atoms with Crippen LogP contribution < -0.4 is 0 Å². The second-order valence-electron chi connectivity index (χ2n) is 7.36. The predicted molar refractivity (Wildman–Crippen MR) is 82.3 cm³/mol. The summed E-state index contributed by atoms with van der Waals surface area (Å²) < 4.78 is 7.22. The van der Waals surface area contributed by atoms with Crippen molar-refractivity contribution in [2.75, 3.05) is 6.54 Å². The first kappa shape index (κ1) is 15.8. The molecule has 0 unspecified atom stereocenters. The lowest BCUT2D eigenvalue weighted by Gasteiger charge is -2.30. The van der Waals surface area contributed by atoms with Gasteiger partial charge in [-0.2, -0.15) is 5.10 Å². The van der Waals surface area contributed by atoms with Gasteiger partial charge in [0.2, 0.25) is 0 Å². The van der Waals surface area contributed by atoms with Crippen LogP contribution in [0, 0.1) is 5.92 Å². The first-order valence-corrected chi connectivity index (χ1v) is 8.04. The second kappa shape index (κ2) is 5.54. The molecule has 1 aliphatic heterocycles. The van der Waals surface area contributed by atoms with Gasteiger partial charge in [0.1, 0.15) is 5.60 Å². The summed E-state index contributed by atoms with van der Waals surface area (Å²) in [5.74, 6) is -0.425. The molecule has 3 rings (SSSR count). The van der Waals surface area contributed by atoms with E-state index in [1.807, 2.05) is 25.5 Å². The molecule has 1 aromatic heterocycles. The molecule has 1 amide bonds. The number of nitrogens with zero attached hydrogens (tertiary/aromatic N) is 3. The number of carbonyl (C=O) groups excluding carboxylic acids is 1. The molecule has 1 aromatic rings. The van der Waals surface area contributed by atoms with E-state index in [9.17, 15) is 14.7 Å². The molecule has 0 atom stereocenters. The number of hydrogen-bond acceptors (Lipinski definition) is 4. The van der Waals surface area contributed by atoms with Crippen LogP contribution in [-0.2, 0) is 24.2 Å². The molecule has 1 aliphatic carbocycles. The SMILES string of the molecule is CC(C)(C)OC(=O)N1CCc2c(c(C(=O)O)nn2CC2CC2)C1. The fourth-order valence-corrected chi connectivity index (χ4v) is 2.84. The van der Waals surface area contributed by atoms with Crippen LogP contribution in [0.2, 0.25) is 0 Å². The third-order valence-corrected chi connectivity index (χ3v) is 4.12. The van der Waals surface area contributed by atoms with Crippen LogP contribution in [0.15, 0.2) is 0 Å². The lowest BCUT2D eigenvalue weighted by Crippen LogP contribution is -2.40. The molecule has 1 N–H and O–H groups in total. The summed E-state index contributed by atoms with van der Waals surface area (Å²) in [5.41, 5.74) is 1.10. The van der Waals surface area contributed by atoms with E-state index in [4.69, 9.17) is 4.74 Å². The topological polar surface area (TPSA) is 84.7 Å². The summed E-state index contributed by atoms with van der Waals surface area (Å²) in [6.45, 7) is 7.00. The maximum atomic E-state index is 12.2. The number of carbonyl (C=O) groups is 2. The highest BCUT2D eigenvalue weighted by molar-refractivity contribution is 5.87. The molecule has 0 aromatic carbocycles. The third-order valence-electron chi connectivity index (χ3n) is 4.12. The van der Waals surface area contributed by atoms with E-state index in [2.05, 4.69) is 5.10 Å². The summed E-state index contributed by atoms with van der Waals surface area (Å²) >= 11 is 0. The Kier molecular flexibility index (Phi) is 3.82. The number of aromatic nitrogens is 2. The molecule has 7 nitrogen and oxygen atoms in total. The Balaban J connectivity index is 1.82. The van der Waals surface area contributed by atoms with Crippen LogP contribution in [0.25, 0.3) is 0 Å². The molecular formula is C16H23N3O4. The highest BCUT2D eigenvalue weighted by Gasteiger charge is 2.33. The Morgan fingerprint density at radius 2 is 2.04 bits per heavy atom. The van der Waals surface area contributed by atoms with E-state index >= 15 is 0 Å². The van der Waals surface area contributed by atoms with Gasteiger partial charge in [-0.3, -0.25) is 4.68 Å². The highest BCUT2D eigenvalue weighted by Crippen LogP contribution is 2.32. The minimum Gasteiger partial charge on any atom is -0.476 e. The zero-order valence-electron chi connectivity index (χ0n) is 13.8. The van der Waals surface area contributed by atoms with Crippen LogP contribution >= 0.6 is 0 Å². The van der Waals surface area contributed by atoms with Gasteiger partial charge in [0.25, 0.3) is 0 Å². The number of ether oxygens (including phenoxy) is 1. The number of aromatic carboxylic acids is 1. The van der Waals surface area contributed by atoms with Crippen molar-refractivity contribution in [3.63, 3.8) is 0 Å². The minimum absolute atomic E-state index is 0.0638. The molecule has 0 radical (unpaired) electrons. The van der Waals surface area contributed by atoms with Gasteiger partial charge in [-0.1, -0.05) is 0 Å². The second-order valence-corrected chi connectivity index (χ2v) is 7.36. The number of rotatable bonds is 3. The maximum absolute atomic E-state index is 12.2. The first-order valence-electron chi connectivity index (χ1n) is 8.04. The Morgan fingerprint density at radius 3 is 2.61 bits per heavy atom. The van der Waals surface area contributed by atoms with Crippen molar-refractivity contribution in [1.29, 1.82) is 0 Å². The molecule has 2 heterocycles. The molecule has 23 heavy (non-hydrogen) atoms. The highest BCUT2D eigenvalue weighted by atomic mass is 16.6. The van der Waals surface area contributed by atoms with Crippen LogP contribution in [0.5, 0.6) is 0 Å². The molecule has 0 bridgehead atoms. The van der Waals surface area contributed by atoms with Gasteiger partial charge in [0, 0.05) is 30.8 Å². The summed E-state index contributed by atoms with van der Waals surface area (Å²) in [7, 11) is 0. The van der Waals surface area contributed by atoms with E-state index in [1.54, 1.807) is 4.90 Å². The maximum Gasteiger partial charge on any atom is 0.410 e. The lowest BCUT2D eigenvalue weighted by molar-refractivity contribution is 0.0220. The van der Waals surface area contributed by atoms with Crippen molar-refractivity contribution in [3.8, 4) is 0 Å². The molecule has 2 aliphatic rings. The van der Waals surface area contributed by atoms with Crippen molar-refractivity contribution >= 4 is 12.1 Å². The van der Waals surface area contributed by atoms with Crippen molar-refractivity contribution in [2.24, 2.45) is 5.92 Å². The van der Waals surface area contributed by atoms with E-state index in [1.165, 1.54) is 12.8 Å². The zero-order valence-corrected chi connectivity index (χ0v) is 13.8. The zero-order chi connectivity index (χ0) is 16.8. The quantitative estimate of drug-likeness (QED) is 0.923. The van der Waals surface area contributed by atoms with E-state index in [0.717, 1.165) is 12.2 Å². The van der Waals surface area contributed by atoms with Gasteiger partial charge < -0.3 is 14.7 Å². The molecular weight excluding hydrogens is 298 g/mol. The predicted octanol–water partition coefficient (Wildman–Crippen LogP) is 2.28. The fraction of sp³-hybridized carbons (Fsp3) is 0.688. The van der Waals surface area contributed by atoms with Gasteiger partial charge in [-0.25, -0.2) is 9.59 Å². The standard InChI is InChI=1S/C16H23N3O4/c1-16(2,3)23-15(22)18-7-6-12-11(9-18)13(14(20)21)17-19(12)8-10-4-5-10/h10H,4-9H2,1-3H3,(H,20,21). The molecule has 0 spiro atoms. The Hall–Kier alpha value is -2.05. The lowest BCUT2D eigenvalue weighted by atomic mass is 10.1. The number of carboxylic acid groups (broad SMARTS) is 1. The van der Waals surface area contributed by atoms with Gasteiger partial charge in [-0.15, -0.1) is 0 Å². The average Bonchev–Trinajstić information content (AvgIpc) is 3.17. The monoisotopic (exact) mass is 321 g/mol. The van der Waals surface area contributed by atoms with Crippen LogP contribution in [0.4, 0.5) is 4.79 Å². The van der Waals surface area contributed by atoms with Crippen molar-refractivity contribution < 1.29 is 19.4 Å². The van der Waals surface area contributed by atoms with Crippen LogP contribution in [0.1, 0.15) is 55.4 Å². The smallest absolute Gasteiger partial charge is 0.410 e. The Bertz CT molecular complexity index is 640. The number of hydrogen-bond donors (Lipinski definition) is 1. The first-order chi connectivity index (χ1) is 10.7. The van der Waals surface area contributed by atoms with Crippen LogP contribution in [0.3, 0.4) is 0 Å². The van der Waals surface area contributed by atoms with Crippen LogP contribution in [-0.4, -0.2) is 44.0 Å². The van der Waals surface area contributed by atoms with E-state index in [0.29, 0.717) is 24.4 Å². The van der Waals surface area contributed by atoms with Gasteiger partial charge in [-0.05, 0) is 39.5 Å². The molecule has 1 fully saturated rings. The largest absolute Gasteiger partial charge is 0.476 e. The van der Waals surface area contributed by atoms with Gasteiger partial charge in [0.05, 0.1) is 6.54 Å². The minimum atomic E-state index is -1.04. The Morgan fingerprint density at radius 1 is 1.35 bits per heavy atom. The third kappa shape index (κ3) is 3.48. The van der Waals surface area contributed by atoms with E-state index < -0.39 is 17.7 Å². The molecule has 7 heteroatoms. The van der Waals surface area contributed by atoms with Crippen molar-refractivity contribution in [2.45, 2.75) is 58.7 Å². The van der Waals surface area contributed by atoms with Crippen molar-refractivity contribution in [1.82, 2.24) is 14.7 Å². The molecule has 126 valence electrons. The van der Waals surface area contributed by atoms with Gasteiger partial charge in [0.15, 0.2) is 5.69 Å². The fourth-order valence-electron chi connectivity index (χ4n) is 2.84. The number of amides is 1. The summed E-state index contributed by atoms with van der Waals surface area (Å²) in [4.78, 5) is 25.3. The Labute approximate surface area is 135 Å². The van der Waals surface area contributed by atoms with Crippen molar-refractivity contribution in [3.05, 3.63) is 17.0 Å². The summed E-state index contributed by atoms with van der Waals surface area (Å²) in [6, 6.07) is 0. The number of carboxylic acids is 1.